The van der Waals surface area contributed by atoms with Crippen molar-refractivity contribution in [3.63, 3.8) is 0 Å². The van der Waals surface area contributed by atoms with Crippen molar-refractivity contribution in [1.82, 2.24) is 10.2 Å². The predicted molar refractivity (Wildman–Crippen MR) is 90.8 cm³/mol. The molecule has 3 rings (SSSR count). The van der Waals surface area contributed by atoms with Gasteiger partial charge in [-0.05, 0) is 24.1 Å². The molecule has 1 aliphatic heterocycles. The Balaban J connectivity index is 2.03. The molecule has 2 aromatic rings. The van der Waals surface area contributed by atoms with Gasteiger partial charge in [0.15, 0.2) is 0 Å². The van der Waals surface area contributed by atoms with E-state index in [1.165, 1.54) is 0 Å². The number of nitrogens with one attached hydrogen (secondary N) is 1. The fourth-order valence-electron chi connectivity index (χ4n) is 2.87. The lowest BCUT2D eigenvalue weighted by atomic mass is 9.84. The highest BCUT2D eigenvalue weighted by Gasteiger charge is 2.35. The standard InChI is InChI=1S/C18H20N4O3/c1-3-8-24-12-6-4-11(5-7-12)15-13(9-19)17(20)25-18-16(15)14(10-23-2)21-22-18/h4-7,15H,3,8,10,20H2,1-2H3,(H,21,22). The molecule has 1 aromatic heterocycles. The summed E-state index contributed by atoms with van der Waals surface area (Å²) in [6, 6.07) is 9.81. The van der Waals surface area contributed by atoms with Gasteiger partial charge in [0, 0.05) is 7.11 Å². The third kappa shape index (κ3) is 3.16. The maximum Gasteiger partial charge on any atom is 0.244 e. The van der Waals surface area contributed by atoms with Crippen molar-refractivity contribution in [3.05, 3.63) is 52.5 Å². The van der Waals surface area contributed by atoms with Crippen molar-refractivity contribution in [2.45, 2.75) is 25.9 Å². The Morgan fingerprint density at radius 2 is 2.12 bits per heavy atom. The molecule has 130 valence electrons. The normalized spacial score (nSPS) is 16.1. The first-order chi connectivity index (χ1) is 12.2. The average Bonchev–Trinajstić information content (AvgIpc) is 3.02. The summed E-state index contributed by atoms with van der Waals surface area (Å²) in [5.74, 6) is 0.872. The summed E-state index contributed by atoms with van der Waals surface area (Å²) >= 11 is 0. The highest BCUT2D eigenvalue weighted by Crippen LogP contribution is 2.43. The van der Waals surface area contributed by atoms with E-state index in [9.17, 15) is 5.26 Å². The molecule has 1 aromatic carbocycles. The number of H-pyrrole nitrogens is 1. The molecule has 0 radical (unpaired) electrons. The minimum absolute atomic E-state index is 0.0711. The average molecular weight is 340 g/mol. The molecule has 0 saturated carbocycles. The Morgan fingerprint density at radius 3 is 2.76 bits per heavy atom. The number of benzene rings is 1. The Bertz CT molecular complexity index is 818. The monoisotopic (exact) mass is 340 g/mol. The zero-order valence-corrected chi connectivity index (χ0v) is 14.2. The van der Waals surface area contributed by atoms with Crippen LogP contribution in [0.25, 0.3) is 0 Å². The smallest absolute Gasteiger partial charge is 0.244 e. The van der Waals surface area contributed by atoms with Crippen LogP contribution in [0.5, 0.6) is 11.6 Å². The largest absolute Gasteiger partial charge is 0.494 e. The number of nitrogens with zero attached hydrogens (tertiary/aromatic N) is 2. The van der Waals surface area contributed by atoms with Gasteiger partial charge in [0.25, 0.3) is 0 Å². The highest BCUT2D eigenvalue weighted by molar-refractivity contribution is 5.55. The van der Waals surface area contributed by atoms with Gasteiger partial charge >= 0.3 is 0 Å². The second-order valence-electron chi connectivity index (χ2n) is 5.70. The van der Waals surface area contributed by atoms with Crippen molar-refractivity contribution < 1.29 is 14.2 Å². The van der Waals surface area contributed by atoms with Crippen LogP contribution in [0.1, 0.15) is 36.1 Å². The fraction of sp³-hybridized carbons (Fsp3) is 0.333. The molecule has 0 fully saturated rings. The molecule has 1 unspecified atom stereocenters. The van der Waals surface area contributed by atoms with Crippen LogP contribution in [-0.4, -0.2) is 23.9 Å². The topological polar surface area (TPSA) is 106 Å². The van der Waals surface area contributed by atoms with E-state index in [4.69, 9.17) is 19.9 Å². The van der Waals surface area contributed by atoms with Crippen molar-refractivity contribution in [2.75, 3.05) is 13.7 Å². The van der Waals surface area contributed by atoms with Crippen LogP contribution in [0.4, 0.5) is 0 Å². The van der Waals surface area contributed by atoms with Gasteiger partial charge in [-0.2, -0.15) is 5.26 Å². The summed E-state index contributed by atoms with van der Waals surface area (Å²) in [6.45, 7) is 3.05. The van der Waals surface area contributed by atoms with E-state index in [1.807, 2.05) is 24.3 Å². The van der Waals surface area contributed by atoms with Gasteiger partial charge in [-0.3, -0.25) is 5.10 Å². The highest BCUT2D eigenvalue weighted by atomic mass is 16.5. The summed E-state index contributed by atoms with van der Waals surface area (Å²) < 4.78 is 16.3. The van der Waals surface area contributed by atoms with E-state index in [0.29, 0.717) is 24.7 Å². The van der Waals surface area contributed by atoms with Crippen molar-refractivity contribution >= 4 is 0 Å². The number of methoxy groups -OCH3 is 1. The number of nitrogens with two attached hydrogens (primary N) is 1. The molecule has 1 atom stereocenters. The van der Waals surface area contributed by atoms with Crippen LogP contribution in [0, 0.1) is 11.3 Å². The van der Waals surface area contributed by atoms with Crippen LogP contribution < -0.4 is 15.2 Å². The maximum absolute atomic E-state index is 9.59. The third-order valence-corrected chi connectivity index (χ3v) is 3.99. The molecule has 7 heteroatoms. The number of aromatic nitrogens is 2. The predicted octanol–water partition coefficient (Wildman–Crippen LogP) is 2.56. The van der Waals surface area contributed by atoms with Gasteiger partial charge in [0.2, 0.25) is 11.8 Å². The molecule has 0 saturated heterocycles. The summed E-state index contributed by atoms with van der Waals surface area (Å²) in [5.41, 5.74) is 8.73. The van der Waals surface area contributed by atoms with Gasteiger partial charge in [0.05, 0.1) is 30.4 Å². The molecule has 7 nitrogen and oxygen atoms in total. The van der Waals surface area contributed by atoms with E-state index in [-0.39, 0.29) is 11.8 Å². The van der Waals surface area contributed by atoms with E-state index >= 15 is 0 Å². The quantitative estimate of drug-likeness (QED) is 0.837. The Kier molecular flexibility index (Phi) is 4.91. The lowest BCUT2D eigenvalue weighted by molar-refractivity contribution is 0.180. The third-order valence-electron chi connectivity index (χ3n) is 3.99. The molecular weight excluding hydrogens is 320 g/mol. The second kappa shape index (κ2) is 7.28. The molecule has 0 bridgehead atoms. The number of hydrogen-bond donors (Lipinski definition) is 2. The minimum atomic E-state index is -0.363. The number of fused-ring (bicyclic) bond motifs is 1. The van der Waals surface area contributed by atoms with E-state index in [1.54, 1.807) is 7.11 Å². The molecule has 25 heavy (non-hydrogen) atoms. The van der Waals surface area contributed by atoms with Crippen LogP contribution in [0.2, 0.25) is 0 Å². The van der Waals surface area contributed by atoms with Gasteiger partial charge in [0.1, 0.15) is 17.4 Å². The number of ether oxygens (including phenoxy) is 3. The van der Waals surface area contributed by atoms with Crippen LogP contribution in [0.3, 0.4) is 0 Å². The van der Waals surface area contributed by atoms with Crippen LogP contribution >= 0.6 is 0 Å². The molecule has 0 spiro atoms. The van der Waals surface area contributed by atoms with Crippen LogP contribution in [0.15, 0.2) is 35.7 Å². The Hall–Kier alpha value is -2.98. The molecular formula is C18H20N4O3. The maximum atomic E-state index is 9.59. The number of aromatic amines is 1. The molecule has 3 N–H and O–H groups in total. The van der Waals surface area contributed by atoms with Gasteiger partial charge in [-0.25, -0.2) is 0 Å². The summed E-state index contributed by atoms with van der Waals surface area (Å²) in [6.07, 6.45) is 0.943. The number of rotatable bonds is 6. The lowest BCUT2D eigenvalue weighted by Crippen LogP contribution is -2.21. The van der Waals surface area contributed by atoms with Gasteiger partial charge in [-0.15, -0.1) is 5.10 Å². The lowest BCUT2D eigenvalue weighted by Gasteiger charge is -2.24. The van der Waals surface area contributed by atoms with Crippen molar-refractivity contribution in [3.8, 4) is 17.7 Å². The van der Waals surface area contributed by atoms with E-state index < -0.39 is 0 Å². The fourth-order valence-corrected chi connectivity index (χ4v) is 2.87. The van der Waals surface area contributed by atoms with E-state index in [2.05, 4.69) is 23.2 Å². The molecule has 2 heterocycles. The number of hydrogen-bond acceptors (Lipinski definition) is 6. The first-order valence-corrected chi connectivity index (χ1v) is 8.06. The molecule has 0 aliphatic carbocycles. The zero-order chi connectivity index (χ0) is 17.8. The first-order valence-electron chi connectivity index (χ1n) is 8.06. The Labute approximate surface area is 146 Å². The SMILES string of the molecule is CCCOc1ccc(C2C(C#N)=C(N)Oc3n[nH]c(COC)c32)cc1. The number of nitriles is 1. The molecule has 1 aliphatic rings. The van der Waals surface area contributed by atoms with E-state index in [0.717, 1.165) is 29.0 Å². The first kappa shape index (κ1) is 16.9. The summed E-state index contributed by atoms with van der Waals surface area (Å²) in [4.78, 5) is 0. The van der Waals surface area contributed by atoms with Crippen LogP contribution in [-0.2, 0) is 11.3 Å². The second-order valence-corrected chi connectivity index (χ2v) is 5.70. The minimum Gasteiger partial charge on any atom is -0.494 e. The van der Waals surface area contributed by atoms with Crippen molar-refractivity contribution in [2.24, 2.45) is 5.73 Å². The van der Waals surface area contributed by atoms with Gasteiger partial charge in [-0.1, -0.05) is 19.1 Å². The summed E-state index contributed by atoms with van der Waals surface area (Å²) in [7, 11) is 1.60. The number of allylic oxidation sites excluding steroid dienone is 1. The zero-order valence-electron chi connectivity index (χ0n) is 14.2. The molecule has 0 amide bonds. The Morgan fingerprint density at radius 1 is 1.36 bits per heavy atom. The van der Waals surface area contributed by atoms with Gasteiger partial charge < -0.3 is 19.9 Å². The van der Waals surface area contributed by atoms with Crippen molar-refractivity contribution in [1.29, 1.82) is 5.26 Å². The summed E-state index contributed by atoms with van der Waals surface area (Å²) in [5, 5.41) is 16.7.